The van der Waals surface area contributed by atoms with E-state index in [4.69, 9.17) is 5.11 Å². The number of aliphatic carboxylic acids is 1. The van der Waals surface area contributed by atoms with Crippen molar-refractivity contribution in [1.82, 2.24) is 10.2 Å². The van der Waals surface area contributed by atoms with Crippen molar-refractivity contribution >= 4 is 17.8 Å². The van der Waals surface area contributed by atoms with Crippen molar-refractivity contribution in [3.05, 3.63) is 47.2 Å². The number of hydrogen-bond acceptors (Lipinski definition) is 4. The van der Waals surface area contributed by atoms with Crippen LogP contribution < -0.4 is 5.32 Å². The Morgan fingerprint density at radius 2 is 1.79 bits per heavy atom. The van der Waals surface area contributed by atoms with Crippen molar-refractivity contribution in [2.75, 3.05) is 19.6 Å². The summed E-state index contributed by atoms with van der Waals surface area (Å²) in [6.07, 6.45) is 4.38. The maximum atomic E-state index is 12.7. The second kappa shape index (κ2) is 8.91. The normalized spacial score (nSPS) is 22.9. The zero-order valence-corrected chi connectivity index (χ0v) is 15.8. The van der Waals surface area contributed by atoms with E-state index in [2.05, 4.69) is 29.6 Å². The molecule has 1 aromatic carbocycles. The van der Waals surface area contributed by atoms with E-state index in [-0.39, 0.29) is 17.8 Å². The molecule has 150 valence electrons. The summed E-state index contributed by atoms with van der Waals surface area (Å²) >= 11 is 0. The van der Waals surface area contributed by atoms with Gasteiger partial charge in [0.15, 0.2) is 0 Å². The molecule has 1 heterocycles. The fraction of sp³-hybridized carbons (Fsp3) is 0.476. The highest BCUT2D eigenvalue weighted by atomic mass is 16.4. The third-order valence-electron chi connectivity index (χ3n) is 5.63. The molecule has 2 aliphatic rings. The van der Waals surface area contributed by atoms with E-state index in [0.29, 0.717) is 24.9 Å². The summed E-state index contributed by atoms with van der Waals surface area (Å²) < 4.78 is 0. The topological polar surface area (TPSA) is 107 Å². The molecule has 7 nitrogen and oxygen atoms in total. The van der Waals surface area contributed by atoms with Crippen molar-refractivity contribution in [3.8, 4) is 0 Å². The SMILES string of the molecule is O=C(O)CNC(=O)C1=C(O)CCN(CC2CCC(c3ccccc3)CC2)C1=O. The third kappa shape index (κ3) is 4.71. The number of hydrogen-bond donors (Lipinski definition) is 3. The molecule has 3 N–H and O–H groups in total. The highest BCUT2D eigenvalue weighted by molar-refractivity contribution is 6.19. The first-order chi connectivity index (χ1) is 13.5. The molecule has 1 aliphatic heterocycles. The minimum atomic E-state index is -1.20. The van der Waals surface area contributed by atoms with Gasteiger partial charge >= 0.3 is 5.97 Å². The van der Waals surface area contributed by atoms with Crippen molar-refractivity contribution in [1.29, 1.82) is 0 Å². The molecule has 1 saturated carbocycles. The van der Waals surface area contributed by atoms with Gasteiger partial charge in [-0.15, -0.1) is 0 Å². The molecule has 0 spiro atoms. The van der Waals surface area contributed by atoms with Gasteiger partial charge in [0.2, 0.25) is 0 Å². The van der Waals surface area contributed by atoms with Gasteiger partial charge < -0.3 is 20.4 Å². The average Bonchev–Trinajstić information content (AvgIpc) is 2.70. The molecule has 0 aromatic heterocycles. The Bertz CT molecular complexity index is 766. The minimum Gasteiger partial charge on any atom is -0.511 e. The maximum Gasteiger partial charge on any atom is 0.322 e. The molecule has 0 saturated heterocycles. The number of nitrogens with zero attached hydrogens (tertiary/aromatic N) is 1. The number of carbonyl (C=O) groups excluding carboxylic acids is 2. The fourth-order valence-corrected chi connectivity index (χ4v) is 4.11. The zero-order valence-electron chi connectivity index (χ0n) is 15.8. The number of benzene rings is 1. The molecule has 1 aliphatic carbocycles. The van der Waals surface area contributed by atoms with Crippen LogP contribution in [0.5, 0.6) is 0 Å². The number of carbonyl (C=O) groups is 3. The molecule has 3 rings (SSSR count). The molecular formula is C21H26N2O5. The first kappa shape index (κ1) is 19.9. The van der Waals surface area contributed by atoms with Gasteiger partial charge in [-0.2, -0.15) is 0 Å². The third-order valence-corrected chi connectivity index (χ3v) is 5.63. The largest absolute Gasteiger partial charge is 0.511 e. The van der Waals surface area contributed by atoms with Gasteiger partial charge in [-0.1, -0.05) is 30.3 Å². The van der Waals surface area contributed by atoms with Crippen LogP contribution >= 0.6 is 0 Å². The van der Waals surface area contributed by atoms with Crippen molar-refractivity contribution in [3.63, 3.8) is 0 Å². The summed E-state index contributed by atoms with van der Waals surface area (Å²) in [4.78, 5) is 37.0. The Kier molecular flexibility index (Phi) is 6.34. The van der Waals surface area contributed by atoms with Crippen LogP contribution in [0.25, 0.3) is 0 Å². The number of carboxylic acid groups (broad SMARTS) is 1. The molecule has 7 heteroatoms. The van der Waals surface area contributed by atoms with E-state index in [1.807, 2.05) is 6.07 Å². The van der Waals surface area contributed by atoms with E-state index in [1.54, 1.807) is 4.90 Å². The van der Waals surface area contributed by atoms with Gasteiger partial charge in [0, 0.05) is 19.5 Å². The zero-order chi connectivity index (χ0) is 20.1. The van der Waals surface area contributed by atoms with Crippen LogP contribution in [0.4, 0.5) is 0 Å². The average molecular weight is 386 g/mol. The van der Waals surface area contributed by atoms with Gasteiger partial charge in [-0.3, -0.25) is 14.4 Å². The van der Waals surface area contributed by atoms with Gasteiger partial charge in [0.05, 0.1) is 0 Å². The summed E-state index contributed by atoms with van der Waals surface area (Å²) in [6.45, 7) is 0.342. The Labute approximate surface area is 164 Å². The van der Waals surface area contributed by atoms with E-state index in [1.165, 1.54) is 5.56 Å². The molecule has 1 fully saturated rings. The second-order valence-electron chi connectivity index (χ2n) is 7.53. The van der Waals surface area contributed by atoms with E-state index in [9.17, 15) is 19.5 Å². The highest BCUT2D eigenvalue weighted by Gasteiger charge is 2.34. The van der Waals surface area contributed by atoms with Crippen LogP contribution in [0.3, 0.4) is 0 Å². The summed E-state index contributed by atoms with van der Waals surface area (Å²) in [5.41, 5.74) is 1.03. The Balaban J connectivity index is 1.56. The van der Waals surface area contributed by atoms with E-state index >= 15 is 0 Å². The first-order valence-electron chi connectivity index (χ1n) is 9.72. The lowest BCUT2D eigenvalue weighted by Crippen LogP contribution is -2.45. The molecular weight excluding hydrogens is 360 g/mol. The van der Waals surface area contributed by atoms with Gasteiger partial charge in [0.25, 0.3) is 11.8 Å². The lowest BCUT2D eigenvalue weighted by Gasteiger charge is -2.35. The van der Waals surface area contributed by atoms with Crippen molar-refractivity contribution in [2.45, 2.75) is 38.0 Å². The summed E-state index contributed by atoms with van der Waals surface area (Å²) in [5, 5.41) is 20.8. The van der Waals surface area contributed by atoms with Gasteiger partial charge in [-0.05, 0) is 43.1 Å². The lowest BCUT2D eigenvalue weighted by atomic mass is 9.78. The standard InChI is InChI=1S/C21H26N2O5/c24-17-10-11-23(21(28)19(17)20(27)22-12-18(25)26)13-14-6-8-16(9-7-14)15-4-2-1-3-5-15/h1-5,14,16,24H,6-13H2,(H,22,27)(H,25,26). The van der Waals surface area contributed by atoms with E-state index in [0.717, 1.165) is 25.7 Å². The van der Waals surface area contributed by atoms with Crippen LogP contribution in [-0.2, 0) is 14.4 Å². The Morgan fingerprint density at radius 1 is 1.11 bits per heavy atom. The predicted octanol–water partition coefficient (Wildman–Crippen LogP) is 2.21. The Hall–Kier alpha value is -2.83. The summed E-state index contributed by atoms with van der Waals surface area (Å²) in [7, 11) is 0. The molecule has 28 heavy (non-hydrogen) atoms. The molecule has 0 bridgehead atoms. The van der Waals surface area contributed by atoms with Gasteiger partial charge in [0.1, 0.15) is 17.9 Å². The molecule has 2 amide bonds. The smallest absolute Gasteiger partial charge is 0.322 e. The monoisotopic (exact) mass is 386 g/mol. The van der Waals surface area contributed by atoms with Crippen LogP contribution in [0.2, 0.25) is 0 Å². The number of amides is 2. The Morgan fingerprint density at radius 3 is 2.43 bits per heavy atom. The second-order valence-corrected chi connectivity index (χ2v) is 7.53. The van der Waals surface area contributed by atoms with Crippen LogP contribution in [0.15, 0.2) is 41.7 Å². The predicted molar refractivity (Wildman–Crippen MR) is 103 cm³/mol. The number of carboxylic acids is 1. The van der Waals surface area contributed by atoms with Crippen molar-refractivity contribution in [2.24, 2.45) is 5.92 Å². The molecule has 0 atom stereocenters. The van der Waals surface area contributed by atoms with E-state index < -0.39 is 24.3 Å². The molecule has 0 radical (unpaired) electrons. The number of aliphatic hydroxyl groups is 1. The number of nitrogens with one attached hydrogen (secondary N) is 1. The number of aliphatic hydroxyl groups excluding tert-OH is 1. The maximum absolute atomic E-state index is 12.7. The van der Waals surface area contributed by atoms with Crippen LogP contribution in [0.1, 0.15) is 43.6 Å². The summed E-state index contributed by atoms with van der Waals surface area (Å²) in [5.74, 6) is -1.90. The molecule has 1 aromatic rings. The van der Waals surface area contributed by atoms with Crippen molar-refractivity contribution < 1.29 is 24.6 Å². The van der Waals surface area contributed by atoms with Crippen LogP contribution in [-0.4, -0.2) is 52.5 Å². The first-order valence-corrected chi connectivity index (χ1v) is 9.72. The fourth-order valence-electron chi connectivity index (χ4n) is 4.11. The quantitative estimate of drug-likeness (QED) is 0.650. The van der Waals surface area contributed by atoms with Crippen LogP contribution in [0, 0.1) is 5.92 Å². The number of rotatable bonds is 6. The van der Waals surface area contributed by atoms with Gasteiger partial charge in [-0.25, -0.2) is 0 Å². The summed E-state index contributed by atoms with van der Waals surface area (Å²) in [6, 6.07) is 10.5. The lowest BCUT2D eigenvalue weighted by molar-refractivity contribution is -0.138. The minimum absolute atomic E-state index is 0.209. The molecule has 0 unspecified atom stereocenters. The highest BCUT2D eigenvalue weighted by Crippen LogP contribution is 2.36.